The van der Waals surface area contributed by atoms with Crippen LogP contribution in [0.2, 0.25) is 0 Å². The van der Waals surface area contributed by atoms with Gasteiger partial charge in [-0.3, -0.25) is 9.59 Å². The summed E-state index contributed by atoms with van der Waals surface area (Å²) in [6, 6.07) is 29.0. The van der Waals surface area contributed by atoms with E-state index in [-0.39, 0.29) is 27.2 Å². The summed E-state index contributed by atoms with van der Waals surface area (Å²) in [4.78, 5) is 21.3. The van der Waals surface area contributed by atoms with Crippen LogP contribution in [0.5, 0.6) is 0 Å². The van der Waals surface area contributed by atoms with Crippen LogP contribution in [0, 0.1) is 13.6 Å². The standard InChI is InChI=1S/C11H14O2.C8H8O2.C7H8.C3H8O.CO.2CH4/c1-2-8-13-11(12)9-10-6-4-3-5-7-10;9-8(10)6-7-4-2-1-3-5-7;1-7-5-3-2-4-6-7;1-2-3-4;1-2;;/h3-7H,2,8-9H2,1H3;1-5H,6H2,(H,9,10);2-6H,1H3;4H,2-3H2,1H3;;2*1H4. The third-order valence-corrected chi connectivity index (χ3v) is 4.02. The van der Waals surface area contributed by atoms with Crippen LogP contribution in [0.3, 0.4) is 0 Å². The predicted molar refractivity (Wildman–Crippen MR) is 155 cm³/mol. The van der Waals surface area contributed by atoms with Crippen molar-refractivity contribution in [3.8, 4) is 0 Å². The molecule has 0 aliphatic rings. The molecule has 0 fully saturated rings. The molecule has 0 aromatic heterocycles. The number of ether oxygens (including phenoxy) is 1. The fourth-order valence-corrected chi connectivity index (χ4v) is 2.33. The fraction of sp³-hybridized carbons (Fsp3) is 0.344. The number of aliphatic hydroxyl groups is 1. The van der Waals surface area contributed by atoms with Crippen LogP contribution in [-0.2, 0) is 31.8 Å². The molecular weight excluding hydrogens is 480 g/mol. The Morgan fingerprint density at radius 3 is 1.39 bits per heavy atom. The van der Waals surface area contributed by atoms with Crippen LogP contribution in [0.25, 0.3) is 0 Å². The van der Waals surface area contributed by atoms with Gasteiger partial charge in [0.2, 0.25) is 0 Å². The summed E-state index contributed by atoms with van der Waals surface area (Å²) in [5.74, 6) is -0.931. The molecule has 0 saturated heterocycles. The van der Waals surface area contributed by atoms with Gasteiger partial charge in [-0.1, -0.05) is 125 Å². The summed E-state index contributed by atoms with van der Waals surface area (Å²) in [6.45, 7) is 11.3. The Morgan fingerprint density at radius 2 is 1.11 bits per heavy atom. The van der Waals surface area contributed by atoms with Crippen molar-refractivity contribution < 1.29 is 29.2 Å². The summed E-state index contributed by atoms with van der Waals surface area (Å²) in [5, 5.41) is 16.2. The molecule has 6 nitrogen and oxygen atoms in total. The second kappa shape index (κ2) is 31.3. The van der Waals surface area contributed by atoms with Crippen molar-refractivity contribution in [2.24, 2.45) is 0 Å². The molecular formula is C32H46O6. The van der Waals surface area contributed by atoms with Gasteiger partial charge in [-0.2, -0.15) is 0 Å². The maximum absolute atomic E-state index is 11.1. The van der Waals surface area contributed by atoms with E-state index in [4.69, 9.17) is 19.6 Å². The van der Waals surface area contributed by atoms with E-state index in [1.54, 1.807) is 12.1 Å². The van der Waals surface area contributed by atoms with Gasteiger partial charge in [0.05, 0.1) is 19.4 Å². The average molecular weight is 527 g/mol. The van der Waals surface area contributed by atoms with E-state index in [0.717, 1.165) is 24.0 Å². The predicted octanol–water partition coefficient (Wildman–Crippen LogP) is 7.11. The number of carbonyl (C=O) groups is 2. The van der Waals surface area contributed by atoms with Gasteiger partial charge in [0.1, 0.15) is 0 Å². The summed E-state index contributed by atoms with van der Waals surface area (Å²) in [7, 11) is 0. The molecule has 0 aliphatic carbocycles. The molecule has 0 unspecified atom stereocenters. The van der Waals surface area contributed by atoms with Gasteiger partial charge in [0.25, 0.3) is 0 Å². The van der Waals surface area contributed by atoms with Crippen molar-refractivity contribution in [1.82, 2.24) is 0 Å². The molecule has 210 valence electrons. The van der Waals surface area contributed by atoms with Crippen LogP contribution < -0.4 is 0 Å². The number of carboxylic acid groups (broad SMARTS) is 1. The molecule has 0 bridgehead atoms. The Balaban J connectivity index is -0.000000207. The average Bonchev–Trinajstić information content (AvgIpc) is 2.91. The van der Waals surface area contributed by atoms with Gasteiger partial charge in [0.15, 0.2) is 0 Å². The first kappa shape index (κ1) is 41.4. The minimum absolute atomic E-state index is 0. The van der Waals surface area contributed by atoms with Gasteiger partial charge >= 0.3 is 23.2 Å². The fourth-order valence-electron chi connectivity index (χ4n) is 2.33. The zero-order valence-corrected chi connectivity index (χ0v) is 21.4. The first-order valence-corrected chi connectivity index (χ1v) is 11.7. The molecule has 3 aromatic carbocycles. The van der Waals surface area contributed by atoms with E-state index in [1.807, 2.05) is 80.6 Å². The molecule has 0 radical (unpaired) electrons. The molecule has 0 aliphatic heterocycles. The van der Waals surface area contributed by atoms with E-state index in [1.165, 1.54) is 5.56 Å². The summed E-state index contributed by atoms with van der Waals surface area (Å²) in [5.41, 5.74) is 3.17. The van der Waals surface area contributed by atoms with Gasteiger partial charge in [-0.15, -0.1) is 0 Å². The number of benzene rings is 3. The Kier molecular flexibility index (Phi) is 34.2. The molecule has 0 heterocycles. The Bertz CT molecular complexity index is 908. The summed E-state index contributed by atoms with van der Waals surface area (Å²) < 4.78 is 12.5. The van der Waals surface area contributed by atoms with Crippen molar-refractivity contribution in [3.63, 3.8) is 0 Å². The molecule has 3 rings (SSSR count). The van der Waals surface area contributed by atoms with E-state index in [2.05, 4.69) is 25.7 Å². The minimum atomic E-state index is -0.786. The monoisotopic (exact) mass is 526 g/mol. The molecule has 6 heteroatoms. The van der Waals surface area contributed by atoms with E-state index >= 15 is 0 Å². The topological polar surface area (TPSA) is 104 Å². The number of aliphatic carboxylic acids is 1. The van der Waals surface area contributed by atoms with Crippen LogP contribution >= 0.6 is 0 Å². The Hall–Kier alpha value is -3.70. The first-order valence-electron chi connectivity index (χ1n) is 11.7. The Labute approximate surface area is 230 Å². The number of rotatable bonds is 7. The molecule has 0 atom stereocenters. The van der Waals surface area contributed by atoms with Crippen molar-refractivity contribution in [3.05, 3.63) is 114 Å². The third kappa shape index (κ3) is 28.5. The number of esters is 1. The van der Waals surface area contributed by atoms with Crippen LogP contribution in [0.1, 0.15) is 58.2 Å². The van der Waals surface area contributed by atoms with Crippen LogP contribution in [-0.4, -0.2) is 35.4 Å². The number of hydrogen-bond donors (Lipinski definition) is 2. The Morgan fingerprint density at radius 1 is 0.737 bits per heavy atom. The van der Waals surface area contributed by atoms with Crippen molar-refractivity contribution in [2.75, 3.05) is 13.2 Å². The number of carboxylic acids is 1. The zero-order chi connectivity index (χ0) is 27.4. The normalized spacial score (nSPS) is 8.16. The molecule has 3 aromatic rings. The molecule has 2 N–H and O–H groups in total. The van der Waals surface area contributed by atoms with Crippen molar-refractivity contribution in [1.29, 1.82) is 0 Å². The maximum atomic E-state index is 11.1. The number of hydrogen-bond acceptors (Lipinski definition) is 4. The zero-order valence-electron chi connectivity index (χ0n) is 21.4. The van der Waals surface area contributed by atoms with E-state index < -0.39 is 5.97 Å². The molecule has 0 spiro atoms. The number of aryl methyl sites for hydroxylation is 1. The molecule has 38 heavy (non-hydrogen) atoms. The second-order valence-corrected chi connectivity index (χ2v) is 7.32. The van der Waals surface area contributed by atoms with Crippen molar-refractivity contribution >= 4 is 11.9 Å². The second-order valence-electron chi connectivity index (χ2n) is 7.32. The van der Waals surface area contributed by atoms with Gasteiger partial charge in [-0.25, -0.2) is 0 Å². The van der Waals surface area contributed by atoms with Gasteiger partial charge < -0.3 is 14.9 Å². The van der Waals surface area contributed by atoms with E-state index in [9.17, 15) is 9.59 Å². The van der Waals surface area contributed by atoms with Crippen LogP contribution in [0.4, 0.5) is 0 Å². The van der Waals surface area contributed by atoms with Crippen LogP contribution in [0.15, 0.2) is 91.0 Å². The van der Waals surface area contributed by atoms with Gasteiger partial charge in [-0.05, 0) is 30.9 Å². The summed E-state index contributed by atoms with van der Waals surface area (Å²) in [6.07, 6.45) is 2.24. The van der Waals surface area contributed by atoms with Crippen molar-refractivity contribution in [2.45, 2.75) is 61.3 Å². The number of carbonyl (C=O) groups excluding carboxylic acids is 1. The van der Waals surface area contributed by atoms with E-state index in [0.29, 0.717) is 19.6 Å². The SMILES string of the molecule is C.C.CCCO.CCCOC(=O)Cc1ccccc1.Cc1ccccc1.O=C(O)Cc1ccccc1.[C-]#[O+]. The summed E-state index contributed by atoms with van der Waals surface area (Å²) >= 11 is 0. The van der Waals surface area contributed by atoms with Gasteiger partial charge in [0, 0.05) is 6.61 Å². The number of aliphatic hydroxyl groups excluding tert-OH is 1. The molecule has 0 saturated carbocycles. The third-order valence-electron chi connectivity index (χ3n) is 4.02. The first-order chi connectivity index (χ1) is 17.4. The molecule has 0 amide bonds. The quantitative estimate of drug-likeness (QED) is 0.194.